The van der Waals surface area contributed by atoms with E-state index < -0.39 is 12.2 Å². The zero-order valence-electron chi connectivity index (χ0n) is 15.2. The highest BCUT2D eigenvalue weighted by Crippen LogP contribution is 2.26. The van der Waals surface area contributed by atoms with E-state index in [9.17, 15) is 0 Å². The van der Waals surface area contributed by atoms with Gasteiger partial charge in [0.2, 0.25) is 0 Å². The van der Waals surface area contributed by atoms with Crippen molar-refractivity contribution in [1.29, 1.82) is 0 Å². The van der Waals surface area contributed by atoms with Gasteiger partial charge < -0.3 is 19.9 Å². The van der Waals surface area contributed by atoms with Crippen molar-refractivity contribution in [2.24, 2.45) is 5.73 Å². The molecule has 3 aromatic carbocycles. The van der Waals surface area contributed by atoms with Crippen LogP contribution in [0.1, 0.15) is 6.92 Å². The van der Waals surface area contributed by atoms with Crippen molar-refractivity contribution >= 4 is 0 Å². The lowest BCUT2D eigenvalue weighted by molar-refractivity contribution is -0.327. The minimum absolute atomic E-state index is 0.0255. The predicted molar refractivity (Wildman–Crippen MR) is 104 cm³/mol. The van der Waals surface area contributed by atoms with Gasteiger partial charge in [0.15, 0.2) is 6.61 Å². The summed E-state index contributed by atoms with van der Waals surface area (Å²) in [7, 11) is 0. The minimum Gasteiger partial charge on any atom is -0.482 e. The summed E-state index contributed by atoms with van der Waals surface area (Å²) in [5.74, 6) is 0.257. The van der Waals surface area contributed by atoms with E-state index in [4.69, 9.17) is 24.7 Å². The predicted octanol–water partition coefficient (Wildman–Crippen LogP) is 4.20. The molecule has 1 unspecified atom stereocenters. The van der Waals surface area contributed by atoms with E-state index in [1.807, 2.05) is 91.0 Å². The molecule has 0 aromatic heterocycles. The number of ether oxygens (including phenoxy) is 4. The molecule has 0 spiro atoms. The molecule has 3 rings (SSSR count). The van der Waals surface area contributed by atoms with E-state index >= 15 is 0 Å². The summed E-state index contributed by atoms with van der Waals surface area (Å²) in [5.41, 5.74) is 5.92. The number of hydrogen-bond donors (Lipinski definition) is 1. The Morgan fingerprint density at radius 2 is 1.11 bits per heavy atom. The maximum absolute atomic E-state index is 6.09. The first-order chi connectivity index (χ1) is 13.2. The van der Waals surface area contributed by atoms with E-state index in [-0.39, 0.29) is 6.61 Å². The second kappa shape index (κ2) is 9.07. The second-order valence-corrected chi connectivity index (χ2v) is 5.94. The van der Waals surface area contributed by atoms with Crippen molar-refractivity contribution in [3.8, 4) is 17.2 Å². The van der Waals surface area contributed by atoms with Crippen LogP contribution in [-0.2, 0) is 4.74 Å². The molecule has 140 valence electrons. The monoisotopic (exact) mass is 365 g/mol. The Morgan fingerprint density at radius 1 is 0.704 bits per heavy atom. The highest BCUT2D eigenvalue weighted by Gasteiger charge is 2.40. The number of para-hydroxylation sites is 3. The van der Waals surface area contributed by atoms with Crippen LogP contribution < -0.4 is 19.9 Å². The van der Waals surface area contributed by atoms with Crippen LogP contribution in [0.3, 0.4) is 0 Å². The summed E-state index contributed by atoms with van der Waals surface area (Å²) >= 11 is 0. The van der Waals surface area contributed by atoms with E-state index in [1.54, 1.807) is 6.92 Å². The third kappa shape index (κ3) is 5.74. The van der Waals surface area contributed by atoms with Gasteiger partial charge in [-0.1, -0.05) is 54.6 Å². The largest absolute Gasteiger partial charge is 0.482 e. The molecule has 5 nitrogen and oxygen atoms in total. The molecule has 0 amide bonds. The molecule has 5 heteroatoms. The lowest BCUT2D eigenvalue weighted by atomic mass is 10.3. The van der Waals surface area contributed by atoms with Crippen LogP contribution >= 0.6 is 0 Å². The van der Waals surface area contributed by atoms with Crippen molar-refractivity contribution in [2.45, 2.75) is 19.1 Å². The first kappa shape index (κ1) is 18.8. The number of benzene rings is 3. The Balaban J connectivity index is 1.89. The Hall–Kier alpha value is -3.02. The van der Waals surface area contributed by atoms with Gasteiger partial charge in [-0.15, -0.1) is 0 Å². The number of nitrogens with two attached hydrogens (primary N) is 1. The summed E-state index contributed by atoms with van der Waals surface area (Å²) in [6.45, 7) is 1.68. The highest BCUT2D eigenvalue weighted by molar-refractivity contribution is 5.25. The Bertz CT molecular complexity index is 753. The molecule has 0 radical (unpaired) electrons. The molecule has 0 aliphatic rings. The van der Waals surface area contributed by atoms with Crippen molar-refractivity contribution in [1.82, 2.24) is 0 Å². The lowest BCUT2D eigenvalue weighted by Crippen LogP contribution is -2.53. The maximum Gasteiger partial charge on any atom is 0.409 e. The fraction of sp³-hybridized carbons (Fsp3) is 0.182. The Kier molecular flexibility index (Phi) is 6.30. The highest BCUT2D eigenvalue weighted by atomic mass is 16.9. The van der Waals surface area contributed by atoms with E-state index in [0.29, 0.717) is 17.2 Å². The SMILES string of the molecule is CC(N)OC(COc1ccccc1)(Oc1ccccc1)Oc1ccccc1. The van der Waals surface area contributed by atoms with E-state index in [1.165, 1.54) is 0 Å². The fourth-order valence-corrected chi connectivity index (χ4v) is 2.47. The van der Waals surface area contributed by atoms with Crippen LogP contribution in [0.4, 0.5) is 0 Å². The Morgan fingerprint density at radius 3 is 1.52 bits per heavy atom. The van der Waals surface area contributed by atoms with Crippen molar-refractivity contribution < 1.29 is 18.9 Å². The first-order valence-electron chi connectivity index (χ1n) is 8.75. The molecular formula is C22H23NO4. The van der Waals surface area contributed by atoms with Gasteiger partial charge in [0.1, 0.15) is 23.5 Å². The molecule has 0 saturated heterocycles. The van der Waals surface area contributed by atoms with Gasteiger partial charge in [0, 0.05) is 0 Å². The third-order valence-electron chi connectivity index (χ3n) is 3.56. The standard InChI is InChI=1S/C22H23NO4/c1-18(23)25-22(26-20-13-7-3-8-14-20,27-21-15-9-4-10-16-21)17-24-19-11-5-2-6-12-19/h2-16,18H,17,23H2,1H3. The van der Waals surface area contributed by atoms with Gasteiger partial charge in [-0.2, -0.15) is 0 Å². The van der Waals surface area contributed by atoms with Gasteiger partial charge in [0.05, 0.1) is 0 Å². The van der Waals surface area contributed by atoms with Crippen LogP contribution in [0.15, 0.2) is 91.0 Å². The summed E-state index contributed by atoms with van der Waals surface area (Å²) in [6, 6.07) is 27.9. The molecule has 0 fully saturated rings. The van der Waals surface area contributed by atoms with Crippen LogP contribution in [0.25, 0.3) is 0 Å². The summed E-state index contributed by atoms with van der Waals surface area (Å²) in [6.07, 6.45) is -0.642. The molecule has 3 aromatic rings. The fourth-order valence-electron chi connectivity index (χ4n) is 2.47. The zero-order chi connectivity index (χ0) is 19.0. The van der Waals surface area contributed by atoms with Crippen molar-refractivity contribution in [3.05, 3.63) is 91.0 Å². The van der Waals surface area contributed by atoms with Gasteiger partial charge in [-0.25, -0.2) is 0 Å². The average molecular weight is 365 g/mol. The molecule has 0 aliphatic heterocycles. The van der Waals surface area contributed by atoms with Gasteiger partial charge in [-0.3, -0.25) is 4.74 Å². The zero-order valence-corrected chi connectivity index (χ0v) is 15.2. The second-order valence-electron chi connectivity index (χ2n) is 5.94. The summed E-state index contributed by atoms with van der Waals surface area (Å²) in [5, 5.41) is 0. The Labute approximate surface area is 159 Å². The average Bonchev–Trinajstić information content (AvgIpc) is 2.68. The quantitative estimate of drug-likeness (QED) is 0.576. The molecule has 1 atom stereocenters. The number of rotatable bonds is 9. The maximum atomic E-state index is 6.09. The normalized spacial score (nSPS) is 12.2. The molecule has 0 aliphatic carbocycles. The minimum atomic E-state index is -1.56. The van der Waals surface area contributed by atoms with Gasteiger partial charge >= 0.3 is 5.97 Å². The smallest absolute Gasteiger partial charge is 0.409 e. The topological polar surface area (TPSA) is 62.9 Å². The van der Waals surface area contributed by atoms with Gasteiger partial charge in [-0.05, 0) is 43.3 Å². The van der Waals surface area contributed by atoms with Crippen molar-refractivity contribution in [2.75, 3.05) is 6.61 Å². The molecule has 0 heterocycles. The molecule has 0 bridgehead atoms. The van der Waals surface area contributed by atoms with Gasteiger partial charge in [0.25, 0.3) is 0 Å². The summed E-state index contributed by atoms with van der Waals surface area (Å²) in [4.78, 5) is 0. The van der Waals surface area contributed by atoms with E-state index in [2.05, 4.69) is 0 Å². The molecule has 0 saturated carbocycles. The molecular weight excluding hydrogens is 342 g/mol. The van der Waals surface area contributed by atoms with E-state index in [0.717, 1.165) is 0 Å². The number of hydrogen-bond acceptors (Lipinski definition) is 5. The molecule has 27 heavy (non-hydrogen) atoms. The third-order valence-corrected chi connectivity index (χ3v) is 3.56. The van der Waals surface area contributed by atoms with Crippen LogP contribution in [0, 0.1) is 0 Å². The van der Waals surface area contributed by atoms with Crippen LogP contribution in [-0.4, -0.2) is 18.8 Å². The van der Waals surface area contributed by atoms with Crippen LogP contribution in [0.2, 0.25) is 0 Å². The lowest BCUT2D eigenvalue weighted by Gasteiger charge is -2.34. The molecule has 2 N–H and O–H groups in total. The summed E-state index contributed by atoms with van der Waals surface area (Å²) < 4.78 is 23.9. The van der Waals surface area contributed by atoms with Crippen LogP contribution in [0.5, 0.6) is 17.2 Å². The first-order valence-corrected chi connectivity index (χ1v) is 8.75. The van der Waals surface area contributed by atoms with Crippen molar-refractivity contribution in [3.63, 3.8) is 0 Å².